The largest absolute Gasteiger partial charge is 0.362 e. The molecule has 0 radical (unpaired) electrons. The van der Waals surface area contributed by atoms with Gasteiger partial charge in [0.25, 0.3) is 5.91 Å². The lowest BCUT2D eigenvalue weighted by Crippen LogP contribution is -2.38. The Hall–Kier alpha value is -2.21. The number of carbonyl (C=O) groups is 1. The second-order valence-electron chi connectivity index (χ2n) is 5.62. The van der Waals surface area contributed by atoms with E-state index in [0.717, 1.165) is 25.1 Å². The lowest BCUT2D eigenvalue weighted by Gasteiger charge is -2.30. The normalized spacial score (nSPS) is 13.8. The molecule has 1 N–H and O–H groups in total. The van der Waals surface area contributed by atoms with Gasteiger partial charge in [0.1, 0.15) is 5.82 Å². The van der Waals surface area contributed by atoms with Gasteiger partial charge in [-0.15, -0.1) is 0 Å². The zero-order valence-electron chi connectivity index (χ0n) is 13.0. The van der Waals surface area contributed by atoms with E-state index in [1.54, 1.807) is 12.1 Å². The van der Waals surface area contributed by atoms with E-state index in [2.05, 4.69) is 37.4 Å². The summed E-state index contributed by atoms with van der Waals surface area (Å²) in [5, 5.41) is 3.94. The highest BCUT2D eigenvalue weighted by Crippen LogP contribution is 2.26. The molecule has 0 saturated heterocycles. The number of nitrogens with one attached hydrogen (secondary N) is 1. The summed E-state index contributed by atoms with van der Waals surface area (Å²) in [6, 6.07) is 12.7. The average Bonchev–Trinajstić information content (AvgIpc) is 2.58. The maximum absolute atomic E-state index is 13.2. The Labute approximate surface area is 148 Å². The summed E-state index contributed by atoms with van der Waals surface area (Å²) >= 11 is 3.12. The van der Waals surface area contributed by atoms with Gasteiger partial charge in [-0.25, -0.2) is 9.82 Å². The van der Waals surface area contributed by atoms with E-state index in [-0.39, 0.29) is 18.3 Å². The average molecular weight is 390 g/mol. The molecule has 0 bridgehead atoms. The predicted molar refractivity (Wildman–Crippen MR) is 96.8 cm³/mol. The summed E-state index contributed by atoms with van der Waals surface area (Å²) in [6.07, 6.45) is 3.58. The van der Waals surface area contributed by atoms with E-state index in [1.807, 2.05) is 18.2 Å². The number of anilines is 1. The van der Waals surface area contributed by atoms with Crippen molar-refractivity contribution in [3.63, 3.8) is 0 Å². The number of aryl methyl sites for hydroxylation is 1. The van der Waals surface area contributed by atoms with Crippen molar-refractivity contribution in [2.24, 2.45) is 5.10 Å². The maximum Gasteiger partial charge on any atom is 0.259 e. The molecule has 0 spiro atoms. The third kappa shape index (κ3) is 4.00. The first-order valence-corrected chi connectivity index (χ1v) is 8.52. The van der Waals surface area contributed by atoms with E-state index in [9.17, 15) is 9.18 Å². The number of rotatable bonds is 4. The van der Waals surface area contributed by atoms with Crippen molar-refractivity contribution in [2.75, 3.05) is 18.0 Å². The number of nitrogens with zero attached hydrogens (tertiary/aromatic N) is 2. The fourth-order valence-corrected chi connectivity index (χ4v) is 3.15. The minimum Gasteiger partial charge on any atom is -0.362 e. The van der Waals surface area contributed by atoms with Gasteiger partial charge in [0, 0.05) is 12.2 Å². The molecule has 2 aromatic carbocycles. The summed E-state index contributed by atoms with van der Waals surface area (Å²) in [6.45, 7) is 1.13. The van der Waals surface area contributed by atoms with Crippen LogP contribution in [-0.2, 0) is 11.2 Å². The minimum absolute atomic E-state index is 0.177. The molecule has 24 heavy (non-hydrogen) atoms. The van der Waals surface area contributed by atoms with Crippen LogP contribution < -0.4 is 10.3 Å². The number of hydrazone groups is 1. The van der Waals surface area contributed by atoms with Crippen LogP contribution in [0.4, 0.5) is 10.1 Å². The van der Waals surface area contributed by atoms with Crippen molar-refractivity contribution < 1.29 is 9.18 Å². The standard InChI is InChI=1S/C18H17BrFN3O/c19-15-10-13(7-8-16(15)20)11-21-22-18(24)12-23-9-3-5-14-4-1-2-6-17(14)23/h1-2,4,6-8,10-11H,3,5,9,12H2,(H,22,24)/b21-11-. The number of para-hydroxylation sites is 1. The summed E-state index contributed by atoms with van der Waals surface area (Å²) in [4.78, 5) is 14.2. The molecule has 1 amide bonds. The van der Waals surface area contributed by atoms with Gasteiger partial charge in [-0.3, -0.25) is 4.79 Å². The third-order valence-electron chi connectivity index (χ3n) is 3.89. The Morgan fingerprint density at radius 2 is 2.17 bits per heavy atom. The van der Waals surface area contributed by atoms with Gasteiger partial charge in [0.15, 0.2) is 0 Å². The van der Waals surface area contributed by atoms with E-state index < -0.39 is 0 Å². The minimum atomic E-state index is -0.333. The van der Waals surface area contributed by atoms with Crippen LogP contribution in [0.15, 0.2) is 52.0 Å². The maximum atomic E-state index is 13.2. The smallest absolute Gasteiger partial charge is 0.259 e. The molecule has 3 rings (SSSR count). The Morgan fingerprint density at radius 3 is 3.00 bits per heavy atom. The van der Waals surface area contributed by atoms with E-state index in [4.69, 9.17) is 0 Å². The molecule has 1 aliphatic heterocycles. The molecule has 0 unspecified atom stereocenters. The summed E-state index contributed by atoms with van der Waals surface area (Å²) in [7, 11) is 0. The Kier molecular flexibility index (Phi) is 5.25. The third-order valence-corrected chi connectivity index (χ3v) is 4.50. The molecule has 0 aromatic heterocycles. The first-order valence-electron chi connectivity index (χ1n) is 7.73. The van der Waals surface area contributed by atoms with Crippen LogP contribution in [0.1, 0.15) is 17.5 Å². The zero-order chi connectivity index (χ0) is 16.9. The number of hydrogen-bond acceptors (Lipinski definition) is 3. The second kappa shape index (κ2) is 7.57. The molecule has 1 aliphatic rings. The molecule has 1 heterocycles. The molecule has 0 atom stereocenters. The topological polar surface area (TPSA) is 44.7 Å². The molecule has 0 aliphatic carbocycles. The van der Waals surface area contributed by atoms with Crippen LogP contribution in [0.3, 0.4) is 0 Å². The number of benzene rings is 2. The molecule has 124 valence electrons. The van der Waals surface area contributed by atoms with Crippen LogP contribution >= 0.6 is 15.9 Å². The van der Waals surface area contributed by atoms with Crippen molar-refractivity contribution in [3.8, 4) is 0 Å². The molecule has 4 nitrogen and oxygen atoms in total. The van der Waals surface area contributed by atoms with Gasteiger partial charge in [0.05, 0.1) is 17.2 Å². The summed E-state index contributed by atoms with van der Waals surface area (Å²) < 4.78 is 13.5. The van der Waals surface area contributed by atoms with Crippen LogP contribution in [-0.4, -0.2) is 25.2 Å². The molecule has 0 fully saturated rings. The van der Waals surface area contributed by atoms with Gasteiger partial charge >= 0.3 is 0 Å². The highest BCUT2D eigenvalue weighted by Gasteiger charge is 2.18. The first kappa shape index (κ1) is 16.6. The molecule has 0 saturated carbocycles. The van der Waals surface area contributed by atoms with Crippen LogP contribution in [0.5, 0.6) is 0 Å². The van der Waals surface area contributed by atoms with Gasteiger partial charge in [-0.05, 0) is 58.1 Å². The highest BCUT2D eigenvalue weighted by atomic mass is 79.9. The predicted octanol–water partition coefficient (Wildman–Crippen LogP) is 3.49. The SMILES string of the molecule is O=C(CN1CCCc2ccccc21)N/N=C\c1ccc(F)c(Br)c1. The van der Waals surface area contributed by atoms with Crippen molar-refractivity contribution in [2.45, 2.75) is 12.8 Å². The fraction of sp³-hybridized carbons (Fsp3) is 0.222. The zero-order valence-corrected chi connectivity index (χ0v) is 14.6. The van der Waals surface area contributed by atoms with E-state index in [1.165, 1.54) is 17.8 Å². The van der Waals surface area contributed by atoms with Gasteiger partial charge in [0.2, 0.25) is 0 Å². The van der Waals surface area contributed by atoms with Crippen LogP contribution in [0, 0.1) is 5.82 Å². The molecular weight excluding hydrogens is 373 g/mol. The monoisotopic (exact) mass is 389 g/mol. The van der Waals surface area contributed by atoms with E-state index >= 15 is 0 Å². The Bertz CT molecular complexity index is 779. The van der Waals surface area contributed by atoms with Crippen LogP contribution in [0.2, 0.25) is 0 Å². The quantitative estimate of drug-likeness (QED) is 0.642. The Morgan fingerprint density at radius 1 is 1.33 bits per heavy atom. The lowest BCUT2D eigenvalue weighted by atomic mass is 10.0. The van der Waals surface area contributed by atoms with Gasteiger partial charge < -0.3 is 4.90 Å². The summed E-state index contributed by atoms with van der Waals surface area (Å²) in [5.41, 5.74) is 5.61. The number of halogens is 2. The molecule has 6 heteroatoms. The first-order chi connectivity index (χ1) is 11.6. The second-order valence-corrected chi connectivity index (χ2v) is 6.47. The number of hydrogen-bond donors (Lipinski definition) is 1. The van der Waals surface area contributed by atoms with Crippen molar-refractivity contribution in [1.82, 2.24) is 5.43 Å². The number of amides is 1. The van der Waals surface area contributed by atoms with Crippen molar-refractivity contribution in [3.05, 3.63) is 63.9 Å². The Balaban J connectivity index is 1.58. The number of fused-ring (bicyclic) bond motifs is 1. The van der Waals surface area contributed by atoms with Gasteiger partial charge in [-0.1, -0.05) is 24.3 Å². The summed E-state index contributed by atoms with van der Waals surface area (Å²) in [5.74, 6) is -0.510. The highest BCUT2D eigenvalue weighted by molar-refractivity contribution is 9.10. The number of carbonyl (C=O) groups excluding carboxylic acids is 1. The fourth-order valence-electron chi connectivity index (χ4n) is 2.76. The van der Waals surface area contributed by atoms with Crippen LogP contribution in [0.25, 0.3) is 0 Å². The van der Waals surface area contributed by atoms with Gasteiger partial charge in [-0.2, -0.15) is 5.10 Å². The molecular formula is C18H17BrFN3O. The molecule has 2 aromatic rings. The van der Waals surface area contributed by atoms with Crippen molar-refractivity contribution >= 4 is 33.7 Å². The van der Waals surface area contributed by atoms with Crippen molar-refractivity contribution in [1.29, 1.82) is 0 Å². The lowest BCUT2D eigenvalue weighted by molar-refractivity contribution is -0.119. The van der Waals surface area contributed by atoms with E-state index in [0.29, 0.717) is 10.0 Å².